The van der Waals surface area contributed by atoms with E-state index in [4.69, 9.17) is 9.57 Å². The summed E-state index contributed by atoms with van der Waals surface area (Å²) in [4.78, 5) is 6.95. The molecule has 0 radical (unpaired) electrons. The second-order valence-electron chi connectivity index (χ2n) is 4.21. The maximum absolute atomic E-state index is 11.6. The van der Waals surface area contributed by atoms with Crippen LogP contribution in [0.4, 0.5) is 0 Å². The molecule has 1 aliphatic carbocycles. The molecule has 0 atom stereocenters. The number of sulfonamides is 1. The van der Waals surface area contributed by atoms with Gasteiger partial charge >= 0.3 is 0 Å². The first-order valence-electron chi connectivity index (χ1n) is 5.74. The highest BCUT2D eigenvalue weighted by Crippen LogP contribution is 2.24. The molecule has 1 aliphatic rings. The molecule has 0 spiro atoms. The van der Waals surface area contributed by atoms with Gasteiger partial charge in [0.25, 0.3) is 0 Å². The number of hydrogen-bond acceptors (Lipinski definition) is 4. The van der Waals surface area contributed by atoms with Crippen LogP contribution in [0, 0.1) is 5.92 Å². The molecule has 0 unspecified atom stereocenters. The Labute approximate surface area is 97.5 Å². The Morgan fingerprint density at radius 1 is 1.19 bits per heavy atom. The summed E-state index contributed by atoms with van der Waals surface area (Å²) in [5.41, 5.74) is 0. The number of ether oxygens (including phenoxy) is 1. The fraction of sp³-hybridized carbons (Fsp3) is 1.00. The van der Waals surface area contributed by atoms with Crippen LogP contribution >= 0.6 is 0 Å². The van der Waals surface area contributed by atoms with E-state index >= 15 is 0 Å². The minimum absolute atomic E-state index is 0.181. The van der Waals surface area contributed by atoms with Gasteiger partial charge in [-0.15, -0.1) is 0 Å². The third-order valence-corrected chi connectivity index (χ3v) is 4.04. The first-order valence-corrected chi connectivity index (χ1v) is 7.39. The molecule has 6 heteroatoms. The number of hydrogen-bond donors (Lipinski definition) is 1. The zero-order valence-corrected chi connectivity index (χ0v) is 10.6. The van der Waals surface area contributed by atoms with Gasteiger partial charge in [0.15, 0.2) is 0 Å². The Kier molecular flexibility index (Phi) is 6.26. The van der Waals surface area contributed by atoms with Crippen LogP contribution in [0.2, 0.25) is 0 Å². The Bertz CT molecular complexity index is 273. The molecule has 0 bridgehead atoms. The maximum Gasteiger partial charge on any atom is 0.233 e. The number of methoxy groups -OCH3 is 1. The van der Waals surface area contributed by atoms with E-state index in [-0.39, 0.29) is 18.3 Å². The van der Waals surface area contributed by atoms with E-state index in [1.807, 2.05) is 0 Å². The average Bonchev–Trinajstić information content (AvgIpc) is 2.25. The van der Waals surface area contributed by atoms with Crippen LogP contribution in [0.5, 0.6) is 0 Å². The molecule has 1 saturated carbocycles. The van der Waals surface area contributed by atoms with Crippen molar-refractivity contribution in [1.82, 2.24) is 4.89 Å². The third-order valence-electron chi connectivity index (χ3n) is 2.76. The summed E-state index contributed by atoms with van der Waals surface area (Å²) in [6.07, 6.45) is 5.54. The molecule has 1 N–H and O–H groups in total. The SMILES string of the molecule is COCCONS(=O)(=O)CC1CCCCC1. The van der Waals surface area contributed by atoms with Crippen LogP contribution in [0.15, 0.2) is 0 Å². The van der Waals surface area contributed by atoms with Gasteiger partial charge in [-0.1, -0.05) is 24.1 Å². The smallest absolute Gasteiger partial charge is 0.233 e. The standard InChI is InChI=1S/C10H21NO4S/c1-14-7-8-15-11-16(12,13)9-10-5-3-2-4-6-10/h10-11H,2-9H2,1H3. The topological polar surface area (TPSA) is 64.6 Å². The summed E-state index contributed by atoms with van der Waals surface area (Å²) >= 11 is 0. The first kappa shape index (κ1) is 13.9. The summed E-state index contributed by atoms with van der Waals surface area (Å²) < 4.78 is 27.9. The molecule has 0 aromatic rings. The van der Waals surface area contributed by atoms with Crippen LogP contribution in [0.25, 0.3) is 0 Å². The second kappa shape index (κ2) is 7.21. The Morgan fingerprint density at radius 3 is 2.50 bits per heavy atom. The van der Waals surface area contributed by atoms with Gasteiger partial charge in [0.2, 0.25) is 10.0 Å². The third kappa shape index (κ3) is 5.79. The molecule has 0 aromatic carbocycles. The largest absolute Gasteiger partial charge is 0.382 e. The molecule has 1 rings (SSSR count). The predicted octanol–water partition coefficient (Wildman–Crippen LogP) is 1.06. The quantitative estimate of drug-likeness (QED) is 0.543. The van der Waals surface area contributed by atoms with E-state index in [0.717, 1.165) is 25.7 Å². The molecule has 0 aliphatic heterocycles. The van der Waals surface area contributed by atoms with Gasteiger partial charge in [-0.3, -0.25) is 4.84 Å². The van der Waals surface area contributed by atoms with Crippen molar-refractivity contribution in [2.45, 2.75) is 32.1 Å². The van der Waals surface area contributed by atoms with Crippen molar-refractivity contribution in [3.8, 4) is 0 Å². The van der Waals surface area contributed by atoms with Gasteiger partial charge in [-0.2, -0.15) is 0 Å². The fourth-order valence-electron chi connectivity index (χ4n) is 1.95. The Morgan fingerprint density at radius 2 is 1.88 bits per heavy atom. The summed E-state index contributed by atoms with van der Waals surface area (Å²) in [6, 6.07) is 0. The lowest BCUT2D eigenvalue weighted by atomic mass is 9.91. The monoisotopic (exact) mass is 251 g/mol. The van der Waals surface area contributed by atoms with Crippen molar-refractivity contribution >= 4 is 10.0 Å². The zero-order chi connectivity index (χ0) is 11.9. The minimum atomic E-state index is -3.29. The van der Waals surface area contributed by atoms with Crippen molar-refractivity contribution in [3.05, 3.63) is 0 Å². The lowest BCUT2D eigenvalue weighted by Crippen LogP contribution is -2.31. The Balaban J connectivity index is 2.22. The molecule has 5 nitrogen and oxygen atoms in total. The van der Waals surface area contributed by atoms with Gasteiger partial charge in [-0.05, 0) is 18.8 Å². The molecule has 16 heavy (non-hydrogen) atoms. The minimum Gasteiger partial charge on any atom is -0.382 e. The van der Waals surface area contributed by atoms with Gasteiger partial charge in [-0.25, -0.2) is 8.42 Å². The fourth-order valence-corrected chi connectivity index (χ4v) is 3.24. The molecular weight excluding hydrogens is 230 g/mol. The van der Waals surface area contributed by atoms with Gasteiger partial charge in [0.05, 0.1) is 19.0 Å². The highest BCUT2D eigenvalue weighted by Gasteiger charge is 2.21. The van der Waals surface area contributed by atoms with E-state index in [9.17, 15) is 8.42 Å². The normalized spacial score (nSPS) is 18.8. The summed E-state index contributed by atoms with van der Waals surface area (Å²) in [7, 11) is -1.75. The van der Waals surface area contributed by atoms with E-state index < -0.39 is 10.0 Å². The number of nitrogens with one attached hydrogen (secondary N) is 1. The molecule has 1 fully saturated rings. The molecule has 96 valence electrons. The van der Waals surface area contributed by atoms with Crippen LogP contribution in [0.1, 0.15) is 32.1 Å². The molecular formula is C10H21NO4S. The Hall–Kier alpha value is -0.170. The summed E-state index contributed by atoms with van der Waals surface area (Å²) in [5, 5.41) is 0. The van der Waals surface area contributed by atoms with Crippen molar-refractivity contribution in [3.63, 3.8) is 0 Å². The lowest BCUT2D eigenvalue weighted by molar-refractivity contribution is 0.0436. The van der Waals surface area contributed by atoms with Crippen molar-refractivity contribution in [2.24, 2.45) is 5.92 Å². The van der Waals surface area contributed by atoms with Crippen LogP contribution in [-0.4, -0.2) is 34.5 Å². The predicted molar refractivity (Wildman–Crippen MR) is 61.3 cm³/mol. The van der Waals surface area contributed by atoms with Crippen LogP contribution < -0.4 is 4.89 Å². The van der Waals surface area contributed by atoms with E-state index in [2.05, 4.69) is 4.89 Å². The summed E-state index contributed by atoms with van der Waals surface area (Å²) in [5.74, 6) is 0.470. The number of rotatable bonds is 7. The summed E-state index contributed by atoms with van der Waals surface area (Å²) in [6.45, 7) is 0.617. The van der Waals surface area contributed by atoms with Gasteiger partial charge in [0, 0.05) is 7.11 Å². The van der Waals surface area contributed by atoms with Crippen molar-refractivity contribution in [2.75, 3.05) is 26.1 Å². The van der Waals surface area contributed by atoms with Crippen LogP contribution in [-0.2, 0) is 19.6 Å². The molecule has 0 heterocycles. The van der Waals surface area contributed by atoms with Crippen molar-refractivity contribution < 1.29 is 18.0 Å². The van der Waals surface area contributed by atoms with Gasteiger partial charge < -0.3 is 4.74 Å². The van der Waals surface area contributed by atoms with E-state index in [1.54, 1.807) is 7.11 Å². The lowest BCUT2D eigenvalue weighted by Gasteiger charge is -2.21. The van der Waals surface area contributed by atoms with Crippen molar-refractivity contribution in [1.29, 1.82) is 0 Å². The average molecular weight is 251 g/mol. The molecule has 0 aromatic heterocycles. The highest BCUT2D eigenvalue weighted by atomic mass is 32.2. The highest BCUT2D eigenvalue weighted by molar-refractivity contribution is 7.89. The maximum atomic E-state index is 11.6. The zero-order valence-electron chi connectivity index (χ0n) is 9.78. The molecule has 0 saturated heterocycles. The van der Waals surface area contributed by atoms with Crippen LogP contribution in [0.3, 0.4) is 0 Å². The molecule has 0 amide bonds. The van der Waals surface area contributed by atoms with Gasteiger partial charge in [0.1, 0.15) is 0 Å². The first-order chi connectivity index (χ1) is 7.64. The van der Waals surface area contributed by atoms with E-state index in [1.165, 1.54) is 6.42 Å². The van der Waals surface area contributed by atoms with E-state index in [0.29, 0.717) is 6.61 Å². The second-order valence-corrected chi connectivity index (χ2v) is 5.94.